The van der Waals surface area contributed by atoms with Gasteiger partial charge in [0.05, 0.1) is 12.0 Å². The predicted octanol–water partition coefficient (Wildman–Crippen LogP) is 6.03. The molecule has 0 bridgehead atoms. The van der Waals surface area contributed by atoms with E-state index in [2.05, 4.69) is 29.3 Å². The average Bonchev–Trinajstić information content (AvgIpc) is 2.84. The van der Waals surface area contributed by atoms with Gasteiger partial charge in [-0.05, 0) is 74.4 Å². The maximum Gasteiger partial charge on any atom is 0.235 e. The number of carbonyl (C=O) groups is 1. The van der Waals surface area contributed by atoms with Crippen molar-refractivity contribution >= 4 is 11.6 Å². The van der Waals surface area contributed by atoms with Crippen molar-refractivity contribution in [2.24, 2.45) is 5.92 Å². The van der Waals surface area contributed by atoms with Gasteiger partial charge in [0.25, 0.3) is 0 Å². The number of hydrogen-bond acceptors (Lipinski definition) is 3. The van der Waals surface area contributed by atoms with Crippen LogP contribution in [0.4, 0.5) is 5.69 Å². The fraction of sp³-hybridized carbons (Fsp3) is 0.536. The number of benzene rings is 2. The molecule has 172 valence electrons. The van der Waals surface area contributed by atoms with E-state index in [9.17, 15) is 4.79 Å². The van der Waals surface area contributed by atoms with Crippen LogP contribution < -0.4 is 10.1 Å². The van der Waals surface area contributed by atoms with E-state index >= 15 is 0 Å². The van der Waals surface area contributed by atoms with Crippen LogP contribution in [0.3, 0.4) is 0 Å². The maximum absolute atomic E-state index is 13.4. The molecule has 0 spiro atoms. The summed E-state index contributed by atoms with van der Waals surface area (Å²) in [5, 5.41) is 3.19. The van der Waals surface area contributed by atoms with E-state index in [0.717, 1.165) is 68.2 Å². The van der Waals surface area contributed by atoms with Gasteiger partial charge >= 0.3 is 0 Å². The molecule has 32 heavy (non-hydrogen) atoms. The van der Waals surface area contributed by atoms with Gasteiger partial charge in [0.15, 0.2) is 0 Å². The second kappa shape index (κ2) is 11.0. The third-order valence-electron chi connectivity index (χ3n) is 7.21. The number of nitrogens with zero attached hydrogens (tertiary/aromatic N) is 1. The summed E-state index contributed by atoms with van der Waals surface area (Å²) >= 11 is 0. The van der Waals surface area contributed by atoms with Crippen molar-refractivity contribution in [1.29, 1.82) is 0 Å². The first-order valence-electron chi connectivity index (χ1n) is 12.5. The van der Waals surface area contributed by atoms with Crippen LogP contribution in [-0.2, 0) is 10.2 Å². The molecule has 2 aromatic carbocycles. The maximum atomic E-state index is 13.4. The second-order valence-electron chi connectivity index (χ2n) is 9.74. The summed E-state index contributed by atoms with van der Waals surface area (Å²) in [5.74, 6) is 1.81. The van der Waals surface area contributed by atoms with E-state index in [1.807, 2.05) is 42.5 Å². The largest absolute Gasteiger partial charge is 0.494 e. The summed E-state index contributed by atoms with van der Waals surface area (Å²) in [5.41, 5.74) is 1.56. The number of likely N-dealkylation sites (tertiary alicyclic amines) is 1. The summed E-state index contributed by atoms with van der Waals surface area (Å²) < 4.78 is 5.95. The number of anilines is 1. The molecule has 2 aliphatic rings. The van der Waals surface area contributed by atoms with Crippen LogP contribution in [-0.4, -0.2) is 37.0 Å². The molecule has 1 N–H and O–H groups in total. The molecule has 4 nitrogen and oxygen atoms in total. The van der Waals surface area contributed by atoms with Crippen LogP contribution in [0, 0.1) is 5.92 Å². The number of piperidine rings is 1. The van der Waals surface area contributed by atoms with Gasteiger partial charge in [-0.25, -0.2) is 0 Å². The van der Waals surface area contributed by atoms with Gasteiger partial charge < -0.3 is 15.0 Å². The molecule has 4 heteroatoms. The van der Waals surface area contributed by atoms with Gasteiger partial charge in [-0.1, -0.05) is 56.5 Å². The second-order valence-corrected chi connectivity index (χ2v) is 9.74. The zero-order valence-corrected chi connectivity index (χ0v) is 19.5. The van der Waals surface area contributed by atoms with E-state index in [-0.39, 0.29) is 5.91 Å². The molecule has 1 atom stereocenters. The van der Waals surface area contributed by atoms with Crippen molar-refractivity contribution in [3.8, 4) is 5.75 Å². The monoisotopic (exact) mass is 434 g/mol. The van der Waals surface area contributed by atoms with Crippen LogP contribution in [0.15, 0.2) is 54.6 Å². The van der Waals surface area contributed by atoms with E-state index in [1.165, 1.54) is 32.4 Å². The summed E-state index contributed by atoms with van der Waals surface area (Å²) in [6, 6.07) is 18.2. The SMILES string of the molecule is CC1CCCN(CCCOc2ccc(NC(=O)C3(c4ccccc4)CCCCC3)cc2)C1. The highest BCUT2D eigenvalue weighted by Crippen LogP contribution is 2.40. The van der Waals surface area contributed by atoms with Gasteiger partial charge in [0.1, 0.15) is 5.75 Å². The van der Waals surface area contributed by atoms with Gasteiger partial charge in [-0.3, -0.25) is 4.79 Å². The van der Waals surface area contributed by atoms with E-state index < -0.39 is 5.41 Å². The summed E-state index contributed by atoms with van der Waals surface area (Å²) in [4.78, 5) is 16.0. The number of rotatable bonds is 8. The molecule has 0 radical (unpaired) electrons. The minimum Gasteiger partial charge on any atom is -0.494 e. The Bertz CT molecular complexity index is 843. The normalized spacial score (nSPS) is 21.1. The third kappa shape index (κ3) is 5.72. The predicted molar refractivity (Wildman–Crippen MR) is 131 cm³/mol. The summed E-state index contributed by atoms with van der Waals surface area (Å²) in [6.07, 6.45) is 8.98. The van der Waals surface area contributed by atoms with Crippen molar-refractivity contribution in [2.45, 2.75) is 63.7 Å². The molecule has 1 aliphatic carbocycles. The third-order valence-corrected chi connectivity index (χ3v) is 7.21. The van der Waals surface area contributed by atoms with E-state index in [0.29, 0.717) is 0 Å². The molecule has 0 aromatic heterocycles. The van der Waals surface area contributed by atoms with Crippen LogP contribution in [0.2, 0.25) is 0 Å². The number of hydrogen-bond donors (Lipinski definition) is 1. The molecular formula is C28H38N2O2. The molecule has 1 aliphatic heterocycles. The molecular weight excluding hydrogens is 396 g/mol. The van der Waals surface area contributed by atoms with Gasteiger partial charge in [0.2, 0.25) is 5.91 Å². The fourth-order valence-electron chi connectivity index (χ4n) is 5.41. The lowest BCUT2D eigenvalue weighted by molar-refractivity contribution is -0.122. The highest BCUT2D eigenvalue weighted by molar-refractivity contribution is 5.99. The van der Waals surface area contributed by atoms with Gasteiger partial charge in [-0.2, -0.15) is 0 Å². The van der Waals surface area contributed by atoms with Crippen molar-refractivity contribution in [2.75, 3.05) is 31.6 Å². The van der Waals surface area contributed by atoms with Gasteiger partial charge in [0, 0.05) is 18.8 Å². The smallest absolute Gasteiger partial charge is 0.235 e. The summed E-state index contributed by atoms with van der Waals surface area (Å²) in [7, 11) is 0. The number of nitrogens with one attached hydrogen (secondary N) is 1. The topological polar surface area (TPSA) is 41.6 Å². The molecule has 1 saturated carbocycles. The molecule has 4 rings (SSSR count). The minimum absolute atomic E-state index is 0.118. The Morgan fingerprint density at radius 1 is 1.03 bits per heavy atom. The molecule has 2 fully saturated rings. The lowest BCUT2D eigenvalue weighted by atomic mass is 9.68. The Labute approximate surface area is 193 Å². The lowest BCUT2D eigenvalue weighted by Crippen LogP contribution is -2.42. The molecule has 2 aromatic rings. The summed E-state index contributed by atoms with van der Waals surface area (Å²) in [6.45, 7) is 6.63. The Kier molecular flexibility index (Phi) is 7.85. The Hall–Kier alpha value is -2.33. The number of carbonyl (C=O) groups excluding carboxylic acids is 1. The lowest BCUT2D eigenvalue weighted by Gasteiger charge is -2.36. The first-order chi connectivity index (χ1) is 15.7. The number of ether oxygens (including phenoxy) is 1. The van der Waals surface area contributed by atoms with Crippen molar-refractivity contribution in [3.63, 3.8) is 0 Å². The van der Waals surface area contributed by atoms with Crippen molar-refractivity contribution < 1.29 is 9.53 Å². The average molecular weight is 435 g/mol. The molecule has 1 amide bonds. The Morgan fingerprint density at radius 3 is 2.50 bits per heavy atom. The molecule has 1 unspecified atom stereocenters. The highest BCUT2D eigenvalue weighted by atomic mass is 16.5. The van der Waals surface area contributed by atoms with Crippen LogP contribution >= 0.6 is 0 Å². The standard InChI is InChI=1S/C28H38N2O2/c1-23-10-8-19-30(22-23)20-9-21-32-26-15-13-25(14-16-26)29-27(31)28(17-6-3-7-18-28)24-11-4-2-5-12-24/h2,4-5,11-16,23H,3,6-10,17-22H2,1H3,(H,29,31). The molecule has 1 heterocycles. The highest BCUT2D eigenvalue weighted by Gasteiger charge is 2.41. The Morgan fingerprint density at radius 2 is 1.78 bits per heavy atom. The van der Waals surface area contributed by atoms with Crippen LogP contribution in [0.5, 0.6) is 5.75 Å². The minimum atomic E-state index is -0.416. The van der Waals surface area contributed by atoms with Crippen LogP contribution in [0.1, 0.15) is 63.9 Å². The van der Waals surface area contributed by atoms with E-state index in [4.69, 9.17) is 4.74 Å². The zero-order chi connectivity index (χ0) is 22.2. The first-order valence-corrected chi connectivity index (χ1v) is 12.5. The molecule has 1 saturated heterocycles. The van der Waals surface area contributed by atoms with Crippen LogP contribution in [0.25, 0.3) is 0 Å². The van der Waals surface area contributed by atoms with Crippen molar-refractivity contribution in [3.05, 3.63) is 60.2 Å². The fourth-order valence-corrected chi connectivity index (χ4v) is 5.41. The zero-order valence-electron chi connectivity index (χ0n) is 19.5. The van der Waals surface area contributed by atoms with Crippen molar-refractivity contribution in [1.82, 2.24) is 4.90 Å². The van der Waals surface area contributed by atoms with E-state index in [1.54, 1.807) is 0 Å². The Balaban J connectivity index is 1.29. The number of amides is 1. The quantitative estimate of drug-likeness (QED) is 0.516. The van der Waals surface area contributed by atoms with Gasteiger partial charge in [-0.15, -0.1) is 0 Å². The first kappa shape index (κ1) is 22.8.